The minimum atomic E-state index is 0.571. The molecule has 0 amide bonds. The molecule has 0 spiro atoms. The Kier molecular flexibility index (Phi) is 3.15. The van der Waals surface area contributed by atoms with Gasteiger partial charge in [-0.3, -0.25) is 4.98 Å². The summed E-state index contributed by atoms with van der Waals surface area (Å²) in [4.78, 5) is 8.51. The van der Waals surface area contributed by atoms with E-state index in [4.69, 9.17) is 4.74 Å². The fourth-order valence-corrected chi connectivity index (χ4v) is 1.51. The van der Waals surface area contributed by atoms with Crippen molar-refractivity contribution in [1.29, 1.82) is 0 Å². The van der Waals surface area contributed by atoms with Crippen LogP contribution in [0.25, 0.3) is 11.3 Å². The molecule has 1 heterocycles. The fourth-order valence-electron chi connectivity index (χ4n) is 1.51. The van der Waals surface area contributed by atoms with Crippen LogP contribution in [0.15, 0.2) is 36.7 Å². The molecule has 1 aromatic heterocycles. The molecule has 0 saturated carbocycles. The first-order chi connectivity index (χ1) is 7.79. The summed E-state index contributed by atoms with van der Waals surface area (Å²) in [6.07, 6.45) is 3.38. The lowest BCUT2D eigenvalue weighted by Gasteiger charge is -2.04. The third kappa shape index (κ3) is 2.37. The van der Waals surface area contributed by atoms with Crippen LogP contribution in [0.5, 0.6) is 5.88 Å². The second-order valence-corrected chi connectivity index (χ2v) is 3.55. The van der Waals surface area contributed by atoms with Crippen molar-refractivity contribution in [2.75, 3.05) is 6.61 Å². The van der Waals surface area contributed by atoms with Crippen LogP contribution in [0, 0.1) is 6.92 Å². The Morgan fingerprint density at radius 1 is 1.25 bits per heavy atom. The molecule has 82 valence electrons. The van der Waals surface area contributed by atoms with Crippen molar-refractivity contribution < 1.29 is 4.74 Å². The molecule has 16 heavy (non-hydrogen) atoms. The van der Waals surface area contributed by atoms with E-state index in [9.17, 15) is 0 Å². The van der Waals surface area contributed by atoms with Gasteiger partial charge in [-0.15, -0.1) is 0 Å². The molecule has 0 aliphatic carbocycles. The minimum Gasteiger partial charge on any atom is -0.477 e. The molecule has 2 rings (SSSR count). The fraction of sp³-hybridized carbons (Fsp3) is 0.231. The van der Waals surface area contributed by atoms with Crippen LogP contribution in [0.1, 0.15) is 12.5 Å². The lowest BCUT2D eigenvalue weighted by atomic mass is 10.1. The van der Waals surface area contributed by atoms with Gasteiger partial charge in [-0.05, 0) is 19.9 Å². The number of rotatable bonds is 3. The molecule has 0 unspecified atom stereocenters. The zero-order valence-electron chi connectivity index (χ0n) is 9.47. The van der Waals surface area contributed by atoms with E-state index in [0.29, 0.717) is 12.5 Å². The topological polar surface area (TPSA) is 35.0 Å². The summed E-state index contributed by atoms with van der Waals surface area (Å²) in [6.45, 7) is 4.59. The van der Waals surface area contributed by atoms with Gasteiger partial charge >= 0.3 is 0 Å². The van der Waals surface area contributed by atoms with E-state index in [-0.39, 0.29) is 0 Å². The Labute approximate surface area is 95.1 Å². The van der Waals surface area contributed by atoms with E-state index in [0.717, 1.165) is 11.3 Å². The highest BCUT2D eigenvalue weighted by molar-refractivity contribution is 5.59. The summed E-state index contributed by atoms with van der Waals surface area (Å²) in [7, 11) is 0. The van der Waals surface area contributed by atoms with Crippen molar-refractivity contribution in [3.8, 4) is 17.1 Å². The van der Waals surface area contributed by atoms with Crippen molar-refractivity contribution in [3.63, 3.8) is 0 Å². The first-order valence-corrected chi connectivity index (χ1v) is 5.31. The summed E-state index contributed by atoms with van der Waals surface area (Å²) in [6, 6.07) is 8.18. The summed E-state index contributed by atoms with van der Waals surface area (Å²) in [5, 5.41) is 0. The van der Waals surface area contributed by atoms with Crippen LogP contribution in [0.4, 0.5) is 0 Å². The molecule has 2 aromatic rings. The number of benzene rings is 1. The normalized spacial score (nSPS) is 10.1. The second-order valence-electron chi connectivity index (χ2n) is 3.55. The third-order valence-electron chi connectivity index (χ3n) is 2.22. The monoisotopic (exact) mass is 214 g/mol. The molecule has 3 nitrogen and oxygen atoms in total. The number of ether oxygens (including phenoxy) is 1. The first-order valence-electron chi connectivity index (χ1n) is 5.31. The van der Waals surface area contributed by atoms with Crippen LogP contribution in [0.2, 0.25) is 0 Å². The lowest BCUT2D eigenvalue weighted by molar-refractivity contribution is 0.325. The van der Waals surface area contributed by atoms with Crippen molar-refractivity contribution >= 4 is 0 Å². The highest BCUT2D eigenvalue weighted by Crippen LogP contribution is 2.19. The number of hydrogen-bond donors (Lipinski definition) is 0. The molecule has 3 heteroatoms. The molecule has 0 N–H and O–H groups in total. The lowest BCUT2D eigenvalue weighted by Crippen LogP contribution is -1.96. The second kappa shape index (κ2) is 4.75. The minimum absolute atomic E-state index is 0.571. The van der Waals surface area contributed by atoms with E-state index >= 15 is 0 Å². The van der Waals surface area contributed by atoms with Gasteiger partial charge in [0.25, 0.3) is 0 Å². The summed E-state index contributed by atoms with van der Waals surface area (Å²) in [5.74, 6) is 0.571. The maximum Gasteiger partial charge on any atom is 0.232 e. The van der Waals surface area contributed by atoms with Gasteiger partial charge in [0.1, 0.15) is 0 Å². The van der Waals surface area contributed by atoms with Gasteiger partial charge in [-0.1, -0.05) is 23.8 Å². The van der Waals surface area contributed by atoms with Crippen molar-refractivity contribution in [2.45, 2.75) is 13.8 Å². The van der Waals surface area contributed by atoms with Gasteiger partial charge in [0.15, 0.2) is 0 Å². The van der Waals surface area contributed by atoms with Gasteiger partial charge in [-0.25, -0.2) is 4.98 Å². The van der Waals surface area contributed by atoms with Crippen LogP contribution >= 0.6 is 0 Å². The van der Waals surface area contributed by atoms with Gasteiger partial charge in [0.2, 0.25) is 5.88 Å². The van der Waals surface area contributed by atoms with Gasteiger partial charge in [0.05, 0.1) is 24.7 Å². The molecule has 0 aliphatic heterocycles. The van der Waals surface area contributed by atoms with Crippen LogP contribution in [-0.2, 0) is 0 Å². The number of hydrogen-bond acceptors (Lipinski definition) is 3. The van der Waals surface area contributed by atoms with E-state index < -0.39 is 0 Å². The largest absolute Gasteiger partial charge is 0.477 e. The maximum atomic E-state index is 5.32. The molecule has 1 aromatic carbocycles. The predicted molar refractivity (Wildman–Crippen MR) is 63.4 cm³/mol. The average Bonchev–Trinajstić information content (AvgIpc) is 2.30. The van der Waals surface area contributed by atoms with Gasteiger partial charge in [-0.2, -0.15) is 0 Å². The third-order valence-corrected chi connectivity index (χ3v) is 2.22. The summed E-state index contributed by atoms with van der Waals surface area (Å²) >= 11 is 0. The molecule has 0 saturated heterocycles. The molecule has 0 atom stereocenters. The van der Waals surface area contributed by atoms with E-state index in [1.54, 1.807) is 12.4 Å². The Balaban J connectivity index is 2.36. The zero-order chi connectivity index (χ0) is 11.4. The summed E-state index contributed by atoms with van der Waals surface area (Å²) < 4.78 is 5.32. The number of aryl methyl sites for hydroxylation is 1. The Bertz CT molecular complexity index is 483. The predicted octanol–water partition coefficient (Wildman–Crippen LogP) is 2.85. The SMILES string of the molecule is CCOc1cncc(-c2cccc(C)c2)n1. The molecule has 0 fully saturated rings. The molecular weight excluding hydrogens is 200 g/mol. The molecule has 0 aliphatic rings. The highest BCUT2D eigenvalue weighted by Gasteiger charge is 2.02. The van der Waals surface area contributed by atoms with E-state index in [2.05, 4.69) is 29.0 Å². The standard InChI is InChI=1S/C13H14N2O/c1-3-16-13-9-14-8-12(15-13)11-6-4-5-10(2)7-11/h4-9H,3H2,1-2H3. The van der Waals surface area contributed by atoms with Crippen LogP contribution < -0.4 is 4.74 Å². The Morgan fingerprint density at radius 2 is 2.12 bits per heavy atom. The molecule has 0 bridgehead atoms. The molecule has 0 radical (unpaired) electrons. The first kappa shape index (κ1) is 10.6. The Morgan fingerprint density at radius 3 is 2.88 bits per heavy atom. The smallest absolute Gasteiger partial charge is 0.232 e. The van der Waals surface area contributed by atoms with Crippen molar-refractivity contribution in [2.24, 2.45) is 0 Å². The van der Waals surface area contributed by atoms with Crippen LogP contribution in [-0.4, -0.2) is 16.6 Å². The molecular formula is C13H14N2O. The van der Waals surface area contributed by atoms with Gasteiger partial charge in [0, 0.05) is 5.56 Å². The highest BCUT2D eigenvalue weighted by atomic mass is 16.5. The van der Waals surface area contributed by atoms with E-state index in [1.165, 1.54) is 5.56 Å². The van der Waals surface area contributed by atoms with Gasteiger partial charge < -0.3 is 4.74 Å². The van der Waals surface area contributed by atoms with E-state index in [1.807, 2.05) is 19.1 Å². The number of aromatic nitrogens is 2. The average molecular weight is 214 g/mol. The van der Waals surface area contributed by atoms with Crippen LogP contribution in [0.3, 0.4) is 0 Å². The summed E-state index contributed by atoms with van der Waals surface area (Å²) in [5.41, 5.74) is 3.12. The quantitative estimate of drug-likeness (QED) is 0.788. The zero-order valence-corrected chi connectivity index (χ0v) is 9.47. The van der Waals surface area contributed by atoms with Crippen molar-refractivity contribution in [3.05, 3.63) is 42.2 Å². The maximum absolute atomic E-state index is 5.32. The van der Waals surface area contributed by atoms with Crippen molar-refractivity contribution in [1.82, 2.24) is 9.97 Å². The Hall–Kier alpha value is -1.90. The number of nitrogens with zero attached hydrogens (tertiary/aromatic N) is 2.